The number of amides is 1. The minimum absolute atomic E-state index is 0.0304. The van der Waals surface area contributed by atoms with Crippen molar-refractivity contribution in [2.45, 2.75) is 38.5 Å². The van der Waals surface area contributed by atoms with Crippen molar-refractivity contribution < 1.29 is 9.59 Å². The van der Waals surface area contributed by atoms with E-state index in [1.165, 1.54) is 5.56 Å². The Kier molecular flexibility index (Phi) is 7.54. The van der Waals surface area contributed by atoms with Crippen LogP contribution in [0.25, 0.3) is 0 Å². The number of aromatic nitrogens is 2. The number of piperidine rings is 1. The van der Waals surface area contributed by atoms with Gasteiger partial charge in [0, 0.05) is 47.8 Å². The Morgan fingerprint density at radius 2 is 1.67 bits per heavy atom. The predicted molar refractivity (Wildman–Crippen MR) is 143 cm³/mol. The Morgan fingerprint density at radius 3 is 2.39 bits per heavy atom. The summed E-state index contributed by atoms with van der Waals surface area (Å²) in [5.41, 5.74) is 3.75. The van der Waals surface area contributed by atoms with Gasteiger partial charge in [-0.1, -0.05) is 41.9 Å². The van der Waals surface area contributed by atoms with Gasteiger partial charge in [0.05, 0.1) is 5.69 Å². The Morgan fingerprint density at radius 1 is 0.972 bits per heavy atom. The molecule has 1 aliphatic carbocycles. The fourth-order valence-corrected chi connectivity index (χ4v) is 5.68. The van der Waals surface area contributed by atoms with Crippen LogP contribution in [0.3, 0.4) is 0 Å². The van der Waals surface area contributed by atoms with Gasteiger partial charge in [0.15, 0.2) is 5.78 Å². The van der Waals surface area contributed by atoms with Crippen LogP contribution in [0.5, 0.6) is 0 Å². The minimum Gasteiger partial charge on any atom is -0.302 e. The highest BCUT2D eigenvalue weighted by atomic mass is 35.5. The van der Waals surface area contributed by atoms with Gasteiger partial charge in [-0.15, -0.1) is 0 Å². The third kappa shape index (κ3) is 5.25. The van der Waals surface area contributed by atoms with E-state index in [9.17, 15) is 9.59 Å². The van der Waals surface area contributed by atoms with Crippen LogP contribution in [0, 0.1) is 5.92 Å². The maximum atomic E-state index is 13.7. The highest BCUT2D eigenvalue weighted by molar-refractivity contribution is 6.30. The van der Waals surface area contributed by atoms with Crippen molar-refractivity contribution in [3.05, 3.63) is 82.0 Å². The van der Waals surface area contributed by atoms with E-state index >= 15 is 0 Å². The Bertz CT molecular complexity index is 1210. The number of anilines is 1. The first kappa shape index (κ1) is 24.7. The summed E-state index contributed by atoms with van der Waals surface area (Å²) in [6.07, 6.45) is 5.88. The predicted octanol–water partition coefficient (Wildman–Crippen LogP) is 5.19. The normalized spacial score (nSPS) is 16.5. The third-order valence-electron chi connectivity index (χ3n) is 7.53. The number of benzene rings is 2. The van der Waals surface area contributed by atoms with Gasteiger partial charge < -0.3 is 4.90 Å². The molecule has 5 rings (SSSR count). The summed E-state index contributed by atoms with van der Waals surface area (Å²) in [6.45, 7) is 3.04. The maximum absolute atomic E-state index is 13.7. The van der Waals surface area contributed by atoms with Crippen molar-refractivity contribution in [3.8, 4) is 0 Å². The number of fused-ring (bicyclic) bond motifs is 1. The summed E-state index contributed by atoms with van der Waals surface area (Å²) in [5, 5.41) is 5.38. The second kappa shape index (κ2) is 11.0. The van der Waals surface area contributed by atoms with Crippen LogP contribution in [0.2, 0.25) is 5.02 Å². The number of likely N-dealkylation sites (tertiary alicyclic amines) is 1. The minimum atomic E-state index is -0.0304. The zero-order valence-corrected chi connectivity index (χ0v) is 21.6. The molecule has 3 aromatic rings. The molecule has 0 N–H and O–H groups in total. The molecule has 2 aliphatic rings. The quantitative estimate of drug-likeness (QED) is 0.415. The summed E-state index contributed by atoms with van der Waals surface area (Å²) in [4.78, 5) is 30.9. The van der Waals surface area contributed by atoms with Gasteiger partial charge in [-0.2, -0.15) is 5.10 Å². The SMILES string of the molecule is Cn1nc2c(c1N(CCN1CCC(C(=O)c3ccccc3)CC1)C(=O)c1ccc(Cl)cc1)CCCC2. The van der Waals surface area contributed by atoms with E-state index in [-0.39, 0.29) is 17.6 Å². The van der Waals surface area contributed by atoms with Gasteiger partial charge in [0.2, 0.25) is 0 Å². The largest absolute Gasteiger partial charge is 0.302 e. The van der Waals surface area contributed by atoms with Gasteiger partial charge in [0.25, 0.3) is 5.91 Å². The average Bonchev–Trinajstić information content (AvgIpc) is 3.25. The number of aryl methyl sites for hydroxylation is 2. The third-order valence-corrected chi connectivity index (χ3v) is 7.79. The number of Topliss-reactive ketones (excluding diaryl/α,β-unsaturated/α-hetero) is 1. The van der Waals surface area contributed by atoms with Gasteiger partial charge in [-0.25, -0.2) is 0 Å². The van der Waals surface area contributed by atoms with Crippen LogP contribution in [0.1, 0.15) is 57.7 Å². The summed E-state index contributed by atoms with van der Waals surface area (Å²) in [5.74, 6) is 1.20. The first-order chi connectivity index (χ1) is 17.5. The summed E-state index contributed by atoms with van der Waals surface area (Å²) in [6, 6.07) is 16.7. The number of nitrogens with zero attached hydrogens (tertiary/aromatic N) is 4. The number of carbonyl (C=O) groups is 2. The van der Waals surface area contributed by atoms with E-state index < -0.39 is 0 Å². The molecule has 0 atom stereocenters. The second-order valence-electron chi connectivity index (χ2n) is 9.89. The second-order valence-corrected chi connectivity index (χ2v) is 10.3. The molecule has 1 saturated heterocycles. The molecule has 1 aliphatic heterocycles. The van der Waals surface area contributed by atoms with Crippen molar-refractivity contribution in [3.63, 3.8) is 0 Å². The molecule has 1 fully saturated rings. The first-order valence-corrected chi connectivity index (χ1v) is 13.3. The van der Waals surface area contributed by atoms with Crippen LogP contribution in [0.4, 0.5) is 5.82 Å². The molecule has 188 valence electrons. The van der Waals surface area contributed by atoms with Crippen LogP contribution in [-0.4, -0.2) is 52.5 Å². The lowest BCUT2D eigenvalue weighted by Gasteiger charge is -2.33. The van der Waals surface area contributed by atoms with E-state index in [0.717, 1.165) is 75.2 Å². The van der Waals surface area contributed by atoms with E-state index in [2.05, 4.69) is 4.90 Å². The molecule has 2 aromatic carbocycles. The molecule has 1 amide bonds. The molecule has 0 radical (unpaired) electrons. The lowest BCUT2D eigenvalue weighted by atomic mass is 9.89. The lowest BCUT2D eigenvalue weighted by molar-refractivity contribution is 0.0841. The Labute approximate surface area is 217 Å². The number of carbonyl (C=O) groups excluding carboxylic acids is 2. The highest BCUT2D eigenvalue weighted by Gasteiger charge is 2.30. The van der Waals surface area contributed by atoms with Gasteiger partial charge in [-0.05, 0) is 75.9 Å². The van der Waals surface area contributed by atoms with Gasteiger partial charge >= 0.3 is 0 Å². The Hall–Kier alpha value is -2.96. The standard InChI is InChI=1S/C29H33ClN4O2/c1-32-28(25-9-5-6-10-26(25)31-32)34(29(36)23-11-13-24(30)14-12-23)20-19-33-17-15-22(16-18-33)27(35)21-7-3-2-4-8-21/h2-4,7-8,11-14,22H,5-6,9-10,15-20H2,1H3. The number of halogens is 1. The fourth-order valence-electron chi connectivity index (χ4n) is 5.55. The van der Waals surface area contributed by atoms with E-state index in [1.54, 1.807) is 24.3 Å². The van der Waals surface area contributed by atoms with E-state index in [0.29, 0.717) is 17.1 Å². The molecule has 36 heavy (non-hydrogen) atoms. The average molecular weight is 505 g/mol. The van der Waals surface area contributed by atoms with Crippen molar-refractivity contribution in [2.24, 2.45) is 13.0 Å². The maximum Gasteiger partial charge on any atom is 0.259 e. The lowest BCUT2D eigenvalue weighted by Crippen LogP contribution is -2.43. The number of ketones is 1. The number of hydrogen-bond acceptors (Lipinski definition) is 4. The summed E-state index contributed by atoms with van der Waals surface area (Å²) in [7, 11) is 1.94. The van der Waals surface area contributed by atoms with Crippen molar-refractivity contribution in [1.29, 1.82) is 0 Å². The molecule has 0 unspecified atom stereocenters. The van der Waals surface area contributed by atoms with Gasteiger partial charge in [0.1, 0.15) is 5.82 Å². The molecule has 0 bridgehead atoms. The molecule has 1 aromatic heterocycles. The van der Waals surface area contributed by atoms with Crippen LogP contribution >= 0.6 is 11.6 Å². The van der Waals surface area contributed by atoms with E-state index in [4.69, 9.17) is 16.7 Å². The monoisotopic (exact) mass is 504 g/mol. The Balaban J connectivity index is 1.30. The summed E-state index contributed by atoms with van der Waals surface area (Å²) >= 11 is 6.08. The molecule has 6 nitrogen and oxygen atoms in total. The molecule has 0 saturated carbocycles. The zero-order valence-electron chi connectivity index (χ0n) is 20.8. The fraction of sp³-hybridized carbons (Fsp3) is 0.414. The molecule has 7 heteroatoms. The molecule has 2 heterocycles. The van der Waals surface area contributed by atoms with Crippen molar-refractivity contribution in [1.82, 2.24) is 14.7 Å². The highest BCUT2D eigenvalue weighted by Crippen LogP contribution is 2.31. The van der Waals surface area contributed by atoms with Gasteiger partial charge in [-0.3, -0.25) is 19.2 Å². The van der Waals surface area contributed by atoms with Crippen molar-refractivity contribution >= 4 is 29.1 Å². The van der Waals surface area contributed by atoms with E-state index in [1.807, 2.05) is 47.0 Å². The van der Waals surface area contributed by atoms with Crippen LogP contribution in [0.15, 0.2) is 54.6 Å². The zero-order chi connectivity index (χ0) is 25.1. The molecule has 0 spiro atoms. The first-order valence-electron chi connectivity index (χ1n) is 12.9. The smallest absolute Gasteiger partial charge is 0.259 e. The number of hydrogen-bond donors (Lipinski definition) is 0. The van der Waals surface area contributed by atoms with Crippen molar-refractivity contribution in [2.75, 3.05) is 31.1 Å². The van der Waals surface area contributed by atoms with Crippen LogP contribution < -0.4 is 4.90 Å². The molecular weight excluding hydrogens is 472 g/mol. The summed E-state index contributed by atoms with van der Waals surface area (Å²) < 4.78 is 1.88. The topological polar surface area (TPSA) is 58.4 Å². The van der Waals surface area contributed by atoms with Crippen LogP contribution in [-0.2, 0) is 19.9 Å². The molecular formula is C29H33ClN4O2. The number of rotatable bonds is 7.